The first-order chi connectivity index (χ1) is 11.7. The van der Waals surface area contributed by atoms with Gasteiger partial charge >= 0.3 is 6.09 Å². The van der Waals surface area contributed by atoms with Gasteiger partial charge in [-0.1, -0.05) is 23.7 Å². The minimum Gasteiger partial charge on any atom is -0.444 e. The molecule has 0 bridgehead atoms. The van der Waals surface area contributed by atoms with Crippen LogP contribution in [0, 0.1) is 6.92 Å². The van der Waals surface area contributed by atoms with E-state index in [9.17, 15) is 9.59 Å². The molecule has 1 aliphatic heterocycles. The summed E-state index contributed by atoms with van der Waals surface area (Å²) in [6.07, 6.45) is 2.97. The molecular weight excluding hydrogens is 340 g/mol. The van der Waals surface area contributed by atoms with Crippen LogP contribution in [0.15, 0.2) is 24.3 Å². The van der Waals surface area contributed by atoms with Gasteiger partial charge in [0.2, 0.25) is 5.91 Å². The number of nitrogens with zero attached hydrogens (tertiary/aromatic N) is 2. The molecular formula is C19H25ClN2O3. The Morgan fingerprint density at radius 1 is 1.12 bits per heavy atom. The van der Waals surface area contributed by atoms with Gasteiger partial charge in [0, 0.05) is 37.3 Å². The van der Waals surface area contributed by atoms with Crippen LogP contribution >= 0.6 is 11.6 Å². The molecule has 1 heterocycles. The summed E-state index contributed by atoms with van der Waals surface area (Å²) in [7, 11) is 0. The number of ether oxygens (including phenoxy) is 1. The van der Waals surface area contributed by atoms with Gasteiger partial charge in [0.1, 0.15) is 5.60 Å². The van der Waals surface area contributed by atoms with Crippen LogP contribution in [0.1, 0.15) is 31.9 Å². The van der Waals surface area contributed by atoms with Crippen molar-refractivity contribution >= 4 is 29.7 Å². The quantitative estimate of drug-likeness (QED) is 0.751. The van der Waals surface area contributed by atoms with Crippen LogP contribution in [0.2, 0.25) is 5.02 Å². The van der Waals surface area contributed by atoms with Crippen molar-refractivity contribution in [2.75, 3.05) is 26.2 Å². The van der Waals surface area contributed by atoms with E-state index in [0.29, 0.717) is 31.2 Å². The molecule has 0 aliphatic carbocycles. The van der Waals surface area contributed by atoms with Crippen LogP contribution in [0.25, 0.3) is 6.08 Å². The fraction of sp³-hybridized carbons (Fsp3) is 0.474. The topological polar surface area (TPSA) is 49.9 Å². The Bertz CT molecular complexity index is 672. The summed E-state index contributed by atoms with van der Waals surface area (Å²) in [6, 6.07) is 5.68. The molecule has 0 unspecified atom stereocenters. The highest BCUT2D eigenvalue weighted by Crippen LogP contribution is 2.18. The fourth-order valence-corrected chi connectivity index (χ4v) is 2.61. The number of carbonyl (C=O) groups excluding carboxylic acids is 2. The number of halogens is 1. The Morgan fingerprint density at radius 2 is 1.72 bits per heavy atom. The molecule has 1 aromatic carbocycles. The molecule has 5 nitrogen and oxygen atoms in total. The number of piperazine rings is 1. The van der Waals surface area contributed by atoms with Crippen molar-refractivity contribution in [2.45, 2.75) is 33.3 Å². The highest BCUT2D eigenvalue weighted by atomic mass is 35.5. The van der Waals surface area contributed by atoms with Crippen molar-refractivity contribution in [1.29, 1.82) is 0 Å². The van der Waals surface area contributed by atoms with Crippen LogP contribution in [0.4, 0.5) is 4.79 Å². The molecule has 25 heavy (non-hydrogen) atoms. The van der Waals surface area contributed by atoms with Gasteiger partial charge in [-0.3, -0.25) is 4.79 Å². The summed E-state index contributed by atoms with van der Waals surface area (Å²) in [6.45, 7) is 9.40. The highest BCUT2D eigenvalue weighted by Gasteiger charge is 2.26. The zero-order valence-corrected chi connectivity index (χ0v) is 16.0. The molecule has 1 aromatic rings. The van der Waals surface area contributed by atoms with E-state index in [1.807, 2.05) is 45.9 Å². The number of benzene rings is 1. The lowest BCUT2D eigenvalue weighted by Crippen LogP contribution is -2.51. The van der Waals surface area contributed by atoms with Gasteiger partial charge in [0.15, 0.2) is 0 Å². The molecule has 1 fully saturated rings. The Balaban J connectivity index is 1.87. The zero-order chi connectivity index (χ0) is 18.6. The monoisotopic (exact) mass is 364 g/mol. The van der Waals surface area contributed by atoms with E-state index in [0.717, 1.165) is 11.1 Å². The van der Waals surface area contributed by atoms with Gasteiger partial charge < -0.3 is 14.5 Å². The van der Waals surface area contributed by atoms with Gasteiger partial charge in [-0.05, 0) is 51.0 Å². The lowest BCUT2D eigenvalue weighted by atomic mass is 10.1. The smallest absolute Gasteiger partial charge is 0.410 e. The van der Waals surface area contributed by atoms with E-state index >= 15 is 0 Å². The van der Waals surface area contributed by atoms with Crippen LogP contribution in [-0.4, -0.2) is 53.6 Å². The van der Waals surface area contributed by atoms with Crippen LogP contribution in [0.3, 0.4) is 0 Å². The first-order valence-electron chi connectivity index (χ1n) is 8.37. The molecule has 2 amide bonds. The number of carbonyl (C=O) groups is 2. The number of amides is 2. The summed E-state index contributed by atoms with van der Waals surface area (Å²) in [5, 5.41) is 0.681. The summed E-state index contributed by atoms with van der Waals surface area (Å²) >= 11 is 6.09. The third kappa shape index (κ3) is 5.78. The predicted octanol–water partition coefficient (Wildman–Crippen LogP) is 3.74. The molecule has 136 valence electrons. The summed E-state index contributed by atoms with van der Waals surface area (Å²) in [5.74, 6) is -0.0689. The van der Waals surface area contributed by atoms with Crippen LogP contribution < -0.4 is 0 Å². The second kappa shape index (κ2) is 7.91. The van der Waals surface area contributed by atoms with Gasteiger partial charge in [0.05, 0.1) is 0 Å². The average molecular weight is 365 g/mol. The lowest BCUT2D eigenvalue weighted by Gasteiger charge is -2.35. The second-order valence-corrected chi connectivity index (χ2v) is 7.54. The Hall–Kier alpha value is -2.01. The number of rotatable bonds is 2. The van der Waals surface area contributed by atoms with E-state index in [1.54, 1.807) is 22.0 Å². The summed E-state index contributed by atoms with van der Waals surface area (Å²) < 4.78 is 5.36. The predicted molar refractivity (Wildman–Crippen MR) is 99.6 cm³/mol. The van der Waals surface area contributed by atoms with Crippen LogP contribution in [0.5, 0.6) is 0 Å². The fourth-order valence-electron chi connectivity index (χ4n) is 2.42. The molecule has 0 radical (unpaired) electrons. The van der Waals surface area contributed by atoms with Gasteiger partial charge in [-0.2, -0.15) is 0 Å². The molecule has 1 aliphatic rings. The number of aryl methyl sites for hydroxylation is 1. The van der Waals surface area contributed by atoms with Crippen molar-refractivity contribution in [2.24, 2.45) is 0 Å². The van der Waals surface area contributed by atoms with Gasteiger partial charge in [-0.15, -0.1) is 0 Å². The zero-order valence-electron chi connectivity index (χ0n) is 15.2. The summed E-state index contributed by atoms with van der Waals surface area (Å²) in [4.78, 5) is 27.7. The molecule has 6 heteroatoms. The molecule has 0 saturated carbocycles. The van der Waals surface area contributed by atoms with Gasteiger partial charge in [-0.25, -0.2) is 4.79 Å². The Morgan fingerprint density at radius 3 is 2.28 bits per heavy atom. The van der Waals surface area contributed by atoms with E-state index in [1.165, 1.54) is 0 Å². The van der Waals surface area contributed by atoms with Crippen LogP contribution in [-0.2, 0) is 9.53 Å². The van der Waals surface area contributed by atoms with Crippen molar-refractivity contribution < 1.29 is 14.3 Å². The Labute approximate surface area is 154 Å². The number of hydrogen-bond acceptors (Lipinski definition) is 3. The van der Waals surface area contributed by atoms with E-state index in [2.05, 4.69) is 0 Å². The summed E-state index contributed by atoms with van der Waals surface area (Å²) in [5.41, 5.74) is 1.38. The first-order valence-corrected chi connectivity index (χ1v) is 8.74. The minimum atomic E-state index is -0.512. The van der Waals surface area contributed by atoms with E-state index in [-0.39, 0.29) is 12.0 Å². The van der Waals surface area contributed by atoms with E-state index < -0.39 is 5.60 Å². The molecule has 0 atom stereocenters. The maximum Gasteiger partial charge on any atom is 0.410 e. The molecule has 0 spiro atoms. The lowest BCUT2D eigenvalue weighted by molar-refractivity contribution is -0.127. The average Bonchev–Trinajstić information content (AvgIpc) is 2.54. The SMILES string of the molecule is Cc1ccc(/C=C/C(=O)N2CCN(C(=O)OC(C)(C)C)CC2)cc1Cl. The maximum atomic E-state index is 12.3. The van der Waals surface area contributed by atoms with Crippen molar-refractivity contribution in [3.8, 4) is 0 Å². The standard InChI is InChI=1S/C19H25ClN2O3/c1-14-5-6-15(13-16(14)20)7-8-17(23)21-9-11-22(12-10-21)18(24)25-19(2,3)4/h5-8,13H,9-12H2,1-4H3/b8-7+. The maximum absolute atomic E-state index is 12.3. The van der Waals surface area contributed by atoms with E-state index in [4.69, 9.17) is 16.3 Å². The van der Waals surface area contributed by atoms with Crippen molar-refractivity contribution in [3.63, 3.8) is 0 Å². The van der Waals surface area contributed by atoms with Gasteiger partial charge in [0.25, 0.3) is 0 Å². The van der Waals surface area contributed by atoms with Crippen molar-refractivity contribution in [3.05, 3.63) is 40.4 Å². The normalized spacial score (nSPS) is 15.6. The third-order valence-corrected chi connectivity index (χ3v) is 4.26. The van der Waals surface area contributed by atoms with Crippen molar-refractivity contribution in [1.82, 2.24) is 9.80 Å². The molecule has 1 saturated heterocycles. The highest BCUT2D eigenvalue weighted by molar-refractivity contribution is 6.31. The molecule has 0 aromatic heterocycles. The number of hydrogen-bond donors (Lipinski definition) is 0. The minimum absolute atomic E-state index is 0.0689. The molecule has 0 N–H and O–H groups in total. The molecule has 2 rings (SSSR count). The third-order valence-electron chi connectivity index (χ3n) is 3.86. The first kappa shape index (κ1) is 19.3. The Kier molecular flexibility index (Phi) is 6.11. The second-order valence-electron chi connectivity index (χ2n) is 7.13. The largest absolute Gasteiger partial charge is 0.444 e.